The van der Waals surface area contributed by atoms with Gasteiger partial charge in [0, 0.05) is 19.8 Å². The maximum Gasteiger partial charge on any atom is 0.343 e. The maximum absolute atomic E-state index is 11.5. The second-order valence-electron chi connectivity index (χ2n) is 4.52. The predicted molar refractivity (Wildman–Crippen MR) is 69.4 cm³/mol. The summed E-state index contributed by atoms with van der Waals surface area (Å²) in [7, 11) is 0. The van der Waals surface area contributed by atoms with Gasteiger partial charge in [0.2, 0.25) is 0 Å². The molecule has 0 spiro atoms. The molecular formula is C11H17N3O4S. The van der Waals surface area contributed by atoms with Crippen molar-refractivity contribution >= 4 is 17.7 Å². The lowest BCUT2D eigenvalue weighted by Gasteiger charge is -2.05. The van der Waals surface area contributed by atoms with Crippen LogP contribution in [0.4, 0.5) is 0 Å². The smallest absolute Gasteiger partial charge is 0.343 e. The molecule has 0 aromatic carbocycles. The van der Waals surface area contributed by atoms with Crippen LogP contribution in [0.3, 0.4) is 0 Å². The maximum atomic E-state index is 11.5. The number of rotatable bonds is 9. The van der Waals surface area contributed by atoms with Crippen molar-refractivity contribution in [2.24, 2.45) is 5.92 Å². The Labute approximate surface area is 114 Å². The van der Waals surface area contributed by atoms with Crippen LogP contribution >= 0.6 is 11.8 Å². The molecule has 1 aliphatic carbocycles. The molecule has 2 rings (SSSR count). The van der Waals surface area contributed by atoms with E-state index in [1.54, 1.807) is 0 Å². The second kappa shape index (κ2) is 6.76. The van der Waals surface area contributed by atoms with Gasteiger partial charge in [-0.1, -0.05) is 11.8 Å². The van der Waals surface area contributed by atoms with Gasteiger partial charge in [-0.25, -0.2) is 9.89 Å². The van der Waals surface area contributed by atoms with Crippen LogP contribution in [-0.2, 0) is 16.1 Å². The molecule has 1 aromatic heterocycles. The molecule has 1 heterocycles. The molecule has 8 heteroatoms. The van der Waals surface area contributed by atoms with Crippen molar-refractivity contribution in [3.63, 3.8) is 0 Å². The lowest BCUT2D eigenvalue weighted by atomic mass is 10.4. The van der Waals surface area contributed by atoms with E-state index in [0.717, 1.165) is 24.3 Å². The highest BCUT2D eigenvalue weighted by Gasteiger charge is 2.20. The Hall–Kier alpha value is -1.28. The van der Waals surface area contributed by atoms with Crippen LogP contribution in [0.2, 0.25) is 0 Å². The van der Waals surface area contributed by atoms with E-state index in [1.165, 1.54) is 17.4 Å². The minimum absolute atomic E-state index is 0.109. The monoisotopic (exact) mass is 287 g/mol. The Bertz CT molecular complexity index is 481. The van der Waals surface area contributed by atoms with Gasteiger partial charge >= 0.3 is 11.7 Å². The number of aromatic nitrogens is 3. The number of aromatic amines is 1. The van der Waals surface area contributed by atoms with E-state index in [2.05, 4.69) is 10.2 Å². The van der Waals surface area contributed by atoms with Gasteiger partial charge in [-0.15, -0.1) is 5.10 Å². The van der Waals surface area contributed by atoms with E-state index in [9.17, 15) is 9.59 Å². The SMILES string of the molecule is O=C(O)CSc1n[nH]c(=O)n1CCCOCC1CC1. The summed E-state index contributed by atoms with van der Waals surface area (Å²) < 4.78 is 6.94. The minimum Gasteiger partial charge on any atom is -0.481 e. The van der Waals surface area contributed by atoms with Crippen molar-refractivity contribution in [3.05, 3.63) is 10.5 Å². The summed E-state index contributed by atoms with van der Waals surface area (Å²) >= 11 is 1.03. The van der Waals surface area contributed by atoms with E-state index in [-0.39, 0.29) is 11.4 Å². The molecule has 0 bridgehead atoms. The molecule has 1 fully saturated rings. The van der Waals surface area contributed by atoms with E-state index < -0.39 is 5.97 Å². The molecule has 0 unspecified atom stereocenters. The first-order valence-electron chi connectivity index (χ1n) is 6.24. The average Bonchev–Trinajstić information content (AvgIpc) is 3.12. The number of hydrogen-bond donors (Lipinski definition) is 2. The fraction of sp³-hybridized carbons (Fsp3) is 0.727. The van der Waals surface area contributed by atoms with Gasteiger partial charge in [0.15, 0.2) is 5.16 Å². The highest BCUT2D eigenvalue weighted by molar-refractivity contribution is 7.99. The number of carboxylic acid groups (broad SMARTS) is 1. The Kier molecular flexibility index (Phi) is 5.03. The summed E-state index contributed by atoms with van der Waals surface area (Å²) in [6.45, 7) is 1.90. The lowest BCUT2D eigenvalue weighted by molar-refractivity contribution is -0.133. The summed E-state index contributed by atoms with van der Waals surface area (Å²) in [4.78, 5) is 22.0. The highest BCUT2D eigenvalue weighted by Crippen LogP contribution is 2.28. The van der Waals surface area contributed by atoms with Crippen LogP contribution in [0.15, 0.2) is 9.95 Å². The number of thioether (sulfide) groups is 1. The van der Waals surface area contributed by atoms with Crippen molar-refractivity contribution in [1.82, 2.24) is 14.8 Å². The van der Waals surface area contributed by atoms with Crippen LogP contribution in [0.1, 0.15) is 19.3 Å². The number of ether oxygens (including phenoxy) is 1. The minimum atomic E-state index is -0.931. The van der Waals surface area contributed by atoms with E-state index >= 15 is 0 Å². The fourth-order valence-corrected chi connectivity index (χ4v) is 2.29. The molecule has 106 valence electrons. The van der Waals surface area contributed by atoms with Gasteiger partial charge in [0.05, 0.1) is 5.75 Å². The Morgan fingerprint density at radius 3 is 3.05 bits per heavy atom. The third-order valence-corrected chi connectivity index (χ3v) is 3.73. The van der Waals surface area contributed by atoms with Crippen LogP contribution in [0, 0.1) is 5.92 Å². The Balaban J connectivity index is 1.75. The molecule has 7 nitrogen and oxygen atoms in total. The molecule has 0 atom stereocenters. The predicted octanol–water partition coefficient (Wildman–Crippen LogP) is 0.565. The number of aliphatic carboxylic acids is 1. The van der Waals surface area contributed by atoms with Gasteiger partial charge in [0.1, 0.15) is 0 Å². The third kappa shape index (κ3) is 4.71. The van der Waals surface area contributed by atoms with E-state index in [0.29, 0.717) is 24.7 Å². The Morgan fingerprint density at radius 1 is 1.58 bits per heavy atom. The van der Waals surface area contributed by atoms with Crippen molar-refractivity contribution in [1.29, 1.82) is 0 Å². The van der Waals surface area contributed by atoms with E-state index in [1.807, 2.05) is 0 Å². The number of carbonyl (C=O) groups is 1. The van der Waals surface area contributed by atoms with Crippen LogP contribution < -0.4 is 5.69 Å². The zero-order valence-electron chi connectivity index (χ0n) is 10.5. The lowest BCUT2D eigenvalue weighted by Crippen LogP contribution is -2.19. The number of H-pyrrole nitrogens is 1. The van der Waals surface area contributed by atoms with Crippen molar-refractivity contribution < 1.29 is 14.6 Å². The highest BCUT2D eigenvalue weighted by atomic mass is 32.2. The molecule has 0 radical (unpaired) electrons. The van der Waals surface area contributed by atoms with E-state index in [4.69, 9.17) is 9.84 Å². The molecule has 1 aromatic rings. The van der Waals surface area contributed by atoms with Gasteiger partial charge in [0.25, 0.3) is 0 Å². The zero-order chi connectivity index (χ0) is 13.7. The second-order valence-corrected chi connectivity index (χ2v) is 5.46. The van der Waals surface area contributed by atoms with Gasteiger partial charge in [-0.2, -0.15) is 0 Å². The largest absolute Gasteiger partial charge is 0.481 e. The van der Waals surface area contributed by atoms with Gasteiger partial charge in [-0.3, -0.25) is 9.36 Å². The van der Waals surface area contributed by atoms with Crippen molar-refractivity contribution in [3.8, 4) is 0 Å². The zero-order valence-corrected chi connectivity index (χ0v) is 11.3. The normalized spacial score (nSPS) is 14.7. The number of carboxylic acids is 1. The molecule has 1 aliphatic rings. The molecule has 1 saturated carbocycles. The Morgan fingerprint density at radius 2 is 2.37 bits per heavy atom. The summed E-state index contributed by atoms with van der Waals surface area (Å²) in [5.41, 5.74) is -0.310. The van der Waals surface area contributed by atoms with Crippen molar-refractivity contribution in [2.75, 3.05) is 19.0 Å². The summed E-state index contributed by atoms with van der Waals surface area (Å²) in [6.07, 6.45) is 3.24. The first kappa shape index (κ1) is 14.1. The molecule has 0 amide bonds. The molecule has 0 saturated heterocycles. The van der Waals surface area contributed by atoms with Gasteiger partial charge in [-0.05, 0) is 25.2 Å². The number of nitrogens with zero attached hydrogens (tertiary/aromatic N) is 2. The number of nitrogens with one attached hydrogen (secondary N) is 1. The third-order valence-electron chi connectivity index (χ3n) is 2.77. The van der Waals surface area contributed by atoms with Crippen molar-refractivity contribution in [2.45, 2.75) is 31.0 Å². The summed E-state index contributed by atoms with van der Waals surface area (Å²) in [5.74, 6) is -0.305. The van der Waals surface area contributed by atoms with Crippen LogP contribution in [-0.4, -0.2) is 44.8 Å². The quantitative estimate of drug-likeness (QED) is 0.509. The topological polar surface area (TPSA) is 97.2 Å². The average molecular weight is 287 g/mol. The van der Waals surface area contributed by atoms with Crippen LogP contribution in [0.25, 0.3) is 0 Å². The molecule has 19 heavy (non-hydrogen) atoms. The first-order chi connectivity index (χ1) is 9.16. The van der Waals surface area contributed by atoms with Gasteiger partial charge < -0.3 is 9.84 Å². The van der Waals surface area contributed by atoms with Crippen LogP contribution in [0.5, 0.6) is 0 Å². The first-order valence-corrected chi connectivity index (χ1v) is 7.23. The number of hydrogen-bond acceptors (Lipinski definition) is 5. The summed E-state index contributed by atoms with van der Waals surface area (Å²) in [6, 6.07) is 0. The standard InChI is InChI=1S/C11H17N3O4S/c15-9(16)7-19-11-13-12-10(17)14(11)4-1-5-18-6-8-2-3-8/h8H,1-7H2,(H,12,17)(H,15,16). The molecular weight excluding hydrogens is 270 g/mol. The fourth-order valence-electron chi connectivity index (χ4n) is 1.60. The molecule has 0 aliphatic heterocycles. The molecule has 2 N–H and O–H groups in total. The summed E-state index contributed by atoms with van der Waals surface area (Å²) in [5, 5.41) is 15.2.